The molecule has 0 amide bonds. The number of thiophene rings is 1. The van der Waals surface area contributed by atoms with E-state index in [1.807, 2.05) is 11.3 Å². The summed E-state index contributed by atoms with van der Waals surface area (Å²) in [7, 11) is 0. The zero-order valence-corrected chi connectivity index (χ0v) is 36.8. The number of para-hydroxylation sites is 1. The Morgan fingerprint density at radius 1 is 0.284 bits per heavy atom. The van der Waals surface area contributed by atoms with E-state index in [-0.39, 0.29) is 0 Å². The van der Waals surface area contributed by atoms with Gasteiger partial charge in [0.2, 0.25) is 0 Å². The summed E-state index contributed by atoms with van der Waals surface area (Å²) in [6.07, 6.45) is 0. The zero-order chi connectivity index (χ0) is 44.0. The highest BCUT2D eigenvalue weighted by molar-refractivity contribution is 7.26. The fraction of sp³-hybridized carbons (Fsp3) is 0. The van der Waals surface area contributed by atoms with Crippen LogP contribution in [0.15, 0.2) is 218 Å². The maximum Gasteiger partial charge on any atom is 0.164 e. The first kappa shape index (κ1) is 37.7. The summed E-state index contributed by atoms with van der Waals surface area (Å²) in [4.78, 5) is 21.2. The minimum absolute atomic E-state index is 0.623. The van der Waals surface area contributed by atoms with Gasteiger partial charge >= 0.3 is 0 Å². The van der Waals surface area contributed by atoms with Crippen molar-refractivity contribution in [2.75, 3.05) is 0 Å². The lowest BCUT2D eigenvalue weighted by atomic mass is 9.96. The smallest absolute Gasteiger partial charge is 0.164 e. The van der Waals surface area contributed by atoms with Crippen molar-refractivity contribution in [3.63, 3.8) is 0 Å². The highest BCUT2D eigenvalue weighted by Crippen LogP contribution is 2.44. The van der Waals surface area contributed by atoms with Crippen LogP contribution in [0.1, 0.15) is 0 Å². The molecule has 0 saturated carbocycles. The van der Waals surface area contributed by atoms with E-state index in [2.05, 4.69) is 218 Å². The predicted octanol–water partition coefficient (Wildman–Crippen LogP) is 16.9. The van der Waals surface area contributed by atoms with Gasteiger partial charge < -0.3 is 0 Å². The Morgan fingerprint density at radius 2 is 0.731 bits per heavy atom. The molecule has 14 aromatic rings. The van der Waals surface area contributed by atoms with Crippen LogP contribution in [0, 0.1) is 0 Å². The summed E-state index contributed by atoms with van der Waals surface area (Å²) >= 11 is 1.87. The maximum atomic E-state index is 5.35. The fourth-order valence-corrected chi connectivity index (χ4v) is 11.6. The highest BCUT2D eigenvalue weighted by atomic mass is 32.1. The van der Waals surface area contributed by atoms with Gasteiger partial charge in [-0.25, -0.2) is 19.9 Å². The van der Waals surface area contributed by atoms with E-state index in [4.69, 9.17) is 19.9 Å². The lowest BCUT2D eigenvalue weighted by Gasteiger charge is -2.14. The molecule has 3 heterocycles. The number of hydrogen-bond acceptors (Lipinski definition) is 5. The van der Waals surface area contributed by atoms with Crippen LogP contribution in [0.3, 0.4) is 0 Å². The summed E-state index contributed by atoms with van der Waals surface area (Å²) in [6.45, 7) is 0. The Labute approximate surface area is 389 Å². The van der Waals surface area contributed by atoms with Gasteiger partial charge in [0, 0.05) is 58.6 Å². The summed E-state index contributed by atoms with van der Waals surface area (Å²) in [5.41, 5.74) is 8.18. The standard InChI is InChI=1S/C62H36N4S/c1-3-15-43-41(13-1)35-53(47-19-7-5-17-45(43)47)61-64-60(65-62(66-61)54-36-42-14-2-4-16-44(42)46-18-6-8-20-48(46)54)40-31-27-38(28-32-40)37-25-29-39(30-26-37)58-52-34-33-50-49-21-10-12-24-56(49)67-59(50)57(52)51-22-9-11-23-55(51)63-58/h1-36H. The first-order chi connectivity index (χ1) is 33.2. The summed E-state index contributed by atoms with van der Waals surface area (Å²) in [6, 6.07) is 77.9. The van der Waals surface area contributed by atoms with Gasteiger partial charge in [-0.15, -0.1) is 11.3 Å². The Hall–Kier alpha value is -8.64. The van der Waals surface area contributed by atoms with E-state index >= 15 is 0 Å². The number of rotatable bonds is 5. The number of fused-ring (bicyclic) bond motifs is 13. The average molecular weight is 869 g/mol. The van der Waals surface area contributed by atoms with E-state index in [0.717, 1.165) is 66.1 Å². The second-order valence-electron chi connectivity index (χ2n) is 17.3. The molecule has 0 aliphatic rings. The number of aromatic nitrogens is 4. The SMILES string of the molecule is c1ccc2c(c1)cc(-c1nc(-c3ccc(-c4ccc(-c5nc6ccccc6c6c5ccc5c7ccccc7sc56)cc4)cc3)nc(-c3cc4ccccc4c4ccccc34)n1)c1ccccc12. The molecule has 14 rings (SSSR count). The summed E-state index contributed by atoms with van der Waals surface area (Å²) in [5, 5.41) is 15.5. The van der Waals surface area contributed by atoms with Gasteiger partial charge in [0.25, 0.3) is 0 Å². The lowest BCUT2D eigenvalue weighted by Crippen LogP contribution is -2.01. The van der Waals surface area contributed by atoms with E-state index in [1.54, 1.807) is 0 Å². The number of nitrogens with zero attached hydrogens (tertiary/aromatic N) is 4. The Bertz CT molecular complexity index is 4190. The third-order valence-corrected chi connectivity index (χ3v) is 14.7. The molecule has 11 aromatic carbocycles. The molecule has 0 saturated heterocycles. The molecule has 0 fully saturated rings. The molecule has 0 bridgehead atoms. The van der Waals surface area contributed by atoms with Gasteiger partial charge in [0.15, 0.2) is 17.5 Å². The molecule has 5 heteroatoms. The van der Waals surface area contributed by atoms with Crippen LogP contribution in [0.2, 0.25) is 0 Å². The van der Waals surface area contributed by atoms with Crippen LogP contribution < -0.4 is 0 Å². The van der Waals surface area contributed by atoms with Crippen molar-refractivity contribution in [1.82, 2.24) is 19.9 Å². The van der Waals surface area contributed by atoms with Crippen molar-refractivity contribution in [3.8, 4) is 56.5 Å². The molecule has 0 atom stereocenters. The van der Waals surface area contributed by atoms with Crippen LogP contribution in [0.5, 0.6) is 0 Å². The molecule has 0 radical (unpaired) electrons. The zero-order valence-electron chi connectivity index (χ0n) is 36.0. The molecular weight excluding hydrogens is 833 g/mol. The minimum atomic E-state index is 0.623. The van der Waals surface area contributed by atoms with Gasteiger partial charge in [-0.2, -0.15) is 0 Å². The van der Waals surface area contributed by atoms with Crippen molar-refractivity contribution in [2.24, 2.45) is 0 Å². The van der Waals surface area contributed by atoms with E-state index < -0.39 is 0 Å². The molecule has 67 heavy (non-hydrogen) atoms. The van der Waals surface area contributed by atoms with Crippen LogP contribution in [-0.4, -0.2) is 19.9 Å². The van der Waals surface area contributed by atoms with Crippen molar-refractivity contribution in [3.05, 3.63) is 218 Å². The quantitative estimate of drug-likeness (QED) is 0.162. The Balaban J connectivity index is 0.889. The lowest BCUT2D eigenvalue weighted by molar-refractivity contribution is 1.08. The Morgan fingerprint density at radius 3 is 1.34 bits per heavy atom. The first-order valence-corrected chi connectivity index (χ1v) is 23.4. The first-order valence-electron chi connectivity index (χ1n) is 22.6. The fourth-order valence-electron chi connectivity index (χ4n) is 10.3. The van der Waals surface area contributed by atoms with Crippen LogP contribution in [0.4, 0.5) is 0 Å². The maximum absolute atomic E-state index is 5.35. The van der Waals surface area contributed by atoms with Gasteiger partial charge in [-0.05, 0) is 78.5 Å². The second kappa shape index (κ2) is 15.0. The number of hydrogen-bond donors (Lipinski definition) is 0. The van der Waals surface area contributed by atoms with Gasteiger partial charge in [-0.1, -0.05) is 194 Å². The normalized spacial score (nSPS) is 11.9. The topological polar surface area (TPSA) is 51.6 Å². The van der Waals surface area contributed by atoms with E-state index in [1.165, 1.54) is 57.9 Å². The second-order valence-corrected chi connectivity index (χ2v) is 18.3. The highest BCUT2D eigenvalue weighted by Gasteiger charge is 2.20. The van der Waals surface area contributed by atoms with Gasteiger partial charge in [0.1, 0.15) is 0 Å². The minimum Gasteiger partial charge on any atom is -0.247 e. The molecule has 0 aliphatic carbocycles. The van der Waals surface area contributed by atoms with Crippen LogP contribution in [0.25, 0.3) is 141 Å². The number of benzene rings is 11. The van der Waals surface area contributed by atoms with Crippen molar-refractivity contribution < 1.29 is 0 Å². The largest absolute Gasteiger partial charge is 0.247 e. The van der Waals surface area contributed by atoms with Gasteiger partial charge in [0.05, 0.1) is 11.2 Å². The van der Waals surface area contributed by atoms with E-state index in [9.17, 15) is 0 Å². The molecule has 310 valence electrons. The van der Waals surface area contributed by atoms with Crippen molar-refractivity contribution >= 4 is 96.3 Å². The Kier molecular flexibility index (Phi) is 8.42. The molecular formula is C62H36N4S. The molecule has 0 unspecified atom stereocenters. The monoisotopic (exact) mass is 868 g/mol. The van der Waals surface area contributed by atoms with Gasteiger partial charge in [-0.3, -0.25) is 0 Å². The van der Waals surface area contributed by atoms with E-state index in [0.29, 0.717) is 17.5 Å². The van der Waals surface area contributed by atoms with Crippen LogP contribution >= 0.6 is 11.3 Å². The molecule has 0 N–H and O–H groups in total. The summed E-state index contributed by atoms with van der Waals surface area (Å²) in [5.74, 6) is 1.90. The van der Waals surface area contributed by atoms with Crippen molar-refractivity contribution in [1.29, 1.82) is 0 Å². The van der Waals surface area contributed by atoms with Crippen LogP contribution in [-0.2, 0) is 0 Å². The number of pyridine rings is 1. The molecule has 0 spiro atoms. The summed E-state index contributed by atoms with van der Waals surface area (Å²) < 4.78 is 2.61. The third-order valence-electron chi connectivity index (χ3n) is 13.5. The average Bonchev–Trinajstić information content (AvgIpc) is 3.79. The molecule has 4 nitrogen and oxygen atoms in total. The molecule has 3 aromatic heterocycles. The molecule has 0 aliphatic heterocycles. The third kappa shape index (κ3) is 6.06. The predicted molar refractivity (Wildman–Crippen MR) is 283 cm³/mol. The van der Waals surface area contributed by atoms with Crippen molar-refractivity contribution in [2.45, 2.75) is 0 Å².